The second-order valence-corrected chi connectivity index (χ2v) is 17.0. The van der Waals surface area contributed by atoms with Gasteiger partial charge in [-0.15, -0.1) is 12.4 Å². The Bertz CT molecular complexity index is 2660. The van der Waals surface area contributed by atoms with Crippen molar-refractivity contribution in [3.05, 3.63) is 48.5 Å². The Morgan fingerprint density at radius 1 is 0.667 bits per heavy atom. The quantitative estimate of drug-likeness (QED) is 0.183. The third-order valence-electron chi connectivity index (χ3n) is 11.2. The summed E-state index contributed by atoms with van der Waals surface area (Å²) >= 11 is 0. The van der Waals surface area contributed by atoms with Gasteiger partial charge in [-0.3, -0.25) is 14.1 Å². The number of benzene rings is 3. The summed E-state index contributed by atoms with van der Waals surface area (Å²) < 4.78 is 64.4. The average Bonchev–Trinajstić information content (AvgIpc) is 3.88. The predicted octanol–water partition coefficient (Wildman–Crippen LogP) is 1.05. The number of amides is 2. The van der Waals surface area contributed by atoms with Gasteiger partial charge in [-0.25, -0.2) is 9.97 Å². The lowest BCUT2D eigenvalue weighted by Gasteiger charge is -2.37. The largest absolute Gasteiger partial charge is 0.493 e. The van der Waals surface area contributed by atoms with Crippen LogP contribution in [0.5, 0.6) is 34.5 Å². The van der Waals surface area contributed by atoms with Gasteiger partial charge in [0.05, 0.1) is 45.7 Å². The molecule has 2 aromatic heterocycles. The highest BCUT2D eigenvalue weighted by Gasteiger charge is 2.34. The lowest BCUT2D eigenvalue weighted by molar-refractivity contribution is -0.142. The molecule has 378 valence electrons. The minimum absolute atomic E-state index is 0. The van der Waals surface area contributed by atoms with Crippen LogP contribution in [-0.4, -0.2) is 178 Å². The average molecular weight is 1010 g/mol. The Kier molecular flexibility index (Phi) is 19.2. The van der Waals surface area contributed by atoms with Crippen molar-refractivity contribution in [3.63, 3.8) is 0 Å². The van der Waals surface area contributed by atoms with Crippen molar-refractivity contribution >= 4 is 79.7 Å². The number of methoxy groups -OCH3 is 4. The number of ether oxygens (including phenoxy) is 7. The van der Waals surface area contributed by atoms with Gasteiger partial charge in [-0.1, -0.05) is 12.1 Å². The molecule has 4 aliphatic rings. The SMILES string of the molecule is COc1cc2nc(N3CCN(C(=O)C4CCCO4)CC3)nc(N)c2cc1OC.COc1cc2nc(N3CCN(C(=O)C4COc5ccccc5O4)CC3)nc(N)c2cc1OC.CS(=O)(=O)O.Cl.O.O. The van der Waals surface area contributed by atoms with Gasteiger partial charge in [0, 0.05) is 81.9 Å². The first-order valence-electron chi connectivity index (χ1n) is 21.1. The Morgan fingerprint density at radius 2 is 1.07 bits per heavy atom. The molecule has 9 rings (SSSR count). The lowest BCUT2D eigenvalue weighted by Crippen LogP contribution is -2.54. The summed E-state index contributed by atoms with van der Waals surface area (Å²) in [6.07, 6.45) is 1.55. The number of halogens is 1. The topological polar surface area (TPSA) is 333 Å². The Hall–Kier alpha value is -6.64. The van der Waals surface area contributed by atoms with Gasteiger partial charge >= 0.3 is 0 Å². The van der Waals surface area contributed by atoms with Crippen molar-refractivity contribution in [1.29, 1.82) is 0 Å². The molecule has 0 radical (unpaired) electrons. The van der Waals surface area contributed by atoms with Gasteiger partial charge < -0.3 is 75.2 Å². The van der Waals surface area contributed by atoms with E-state index in [1.165, 1.54) is 0 Å². The van der Waals surface area contributed by atoms with E-state index in [-0.39, 0.29) is 47.9 Å². The predicted molar refractivity (Wildman–Crippen MR) is 259 cm³/mol. The molecular formula is C43H59ClN10O14S. The summed E-state index contributed by atoms with van der Waals surface area (Å²) in [6.45, 7) is 5.61. The van der Waals surface area contributed by atoms with Gasteiger partial charge in [0.1, 0.15) is 24.3 Å². The zero-order valence-corrected chi connectivity index (χ0v) is 40.4. The van der Waals surface area contributed by atoms with E-state index in [0.29, 0.717) is 145 Å². The van der Waals surface area contributed by atoms with Crippen molar-refractivity contribution in [2.75, 3.05) is 122 Å². The number of hydrogen-bond acceptors (Lipinski definition) is 19. The first-order valence-corrected chi connectivity index (χ1v) is 22.9. The molecule has 0 saturated carbocycles. The fourth-order valence-electron chi connectivity index (χ4n) is 7.79. The summed E-state index contributed by atoms with van der Waals surface area (Å²) in [5, 5.41) is 1.41. The van der Waals surface area contributed by atoms with E-state index >= 15 is 0 Å². The number of rotatable bonds is 8. The zero-order chi connectivity index (χ0) is 47.1. The molecule has 5 aromatic rings. The molecule has 2 unspecified atom stereocenters. The Balaban J connectivity index is 0.000000266. The smallest absolute Gasteiger partial charge is 0.267 e. The maximum atomic E-state index is 13.0. The molecule has 3 aromatic carbocycles. The van der Waals surface area contributed by atoms with Crippen LogP contribution in [-0.2, 0) is 24.4 Å². The van der Waals surface area contributed by atoms with Crippen LogP contribution in [0.3, 0.4) is 0 Å². The molecule has 4 aliphatic heterocycles. The van der Waals surface area contributed by atoms with Crippen molar-refractivity contribution in [1.82, 2.24) is 29.7 Å². The molecule has 6 heterocycles. The normalized spacial score (nSPS) is 17.4. The highest BCUT2D eigenvalue weighted by molar-refractivity contribution is 7.85. The van der Waals surface area contributed by atoms with E-state index in [1.54, 1.807) is 63.7 Å². The molecule has 9 N–H and O–H groups in total. The van der Waals surface area contributed by atoms with Crippen LogP contribution >= 0.6 is 12.4 Å². The number of anilines is 4. The Morgan fingerprint density at radius 3 is 1.48 bits per heavy atom. The standard InChI is InChI=1S/C23H25N5O5.C19H25N5O4.CH4O3S.ClH.2H2O/c1-30-18-11-14-15(12-19(18)31-2)25-23(26-21(14)24)28-9-7-27(8-10-28)22(29)20-13-32-16-5-3-4-6-17(16)33-20;1-26-15-10-12-13(11-16(15)27-2)21-19(22-17(12)20)24-7-5-23(6-8-24)18(25)14-4-3-9-28-14;1-5(2,3)4;;;/h3-6,11-12,20H,7-10,13H2,1-2H3,(H2,24,25,26);10-11,14H,3-9H2,1-2H3,(H2,20,21,22);1H3,(H,2,3,4);1H;2*1H2. The number of hydrogen-bond donors (Lipinski definition) is 3. The minimum Gasteiger partial charge on any atom is -0.493 e. The molecule has 69 heavy (non-hydrogen) atoms. The monoisotopic (exact) mass is 1010 g/mol. The van der Waals surface area contributed by atoms with Crippen LogP contribution in [0.4, 0.5) is 23.5 Å². The number of para-hydroxylation sites is 2. The van der Waals surface area contributed by atoms with Crippen LogP contribution < -0.4 is 49.7 Å². The second-order valence-electron chi connectivity index (χ2n) is 15.5. The number of fused-ring (bicyclic) bond motifs is 3. The number of carbonyl (C=O) groups excluding carboxylic acids is 2. The number of aromatic nitrogens is 4. The molecule has 26 heteroatoms. The molecule has 2 amide bonds. The summed E-state index contributed by atoms with van der Waals surface area (Å²) in [7, 11) is 2.64. The summed E-state index contributed by atoms with van der Waals surface area (Å²) in [4.78, 5) is 51.5. The van der Waals surface area contributed by atoms with E-state index in [4.69, 9.17) is 49.2 Å². The molecule has 24 nitrogen and oxygen atoms in total. The molecule has 2 atom stereocenters. The molecular weight excluding hydrogens is 948 g/mol. The lowest BCUT2D eigenvalue weighted by atomic mass is 10.2. The van der Waals surface area contributed by atoms with Crippen molar-refractivity contribution in [2.24, 2.45) is 0 Å². The number of nitrogens with two attached hydrogens (primary N) is 2. The van der Waals surface area contributed by atoms with E-state index < -0.39 is 16.2 Å². The van der Waals surface area contributed by atoms with Gasteiger partial charge in [-0.05, 0) is 37.1 Å². The van der Waals surface area contributed by atoms with Crippen molar-refractivity contribution in [3.8, 4) is 34.5 Å². The van der Waals surface area contributed by atoms with Crippen LogP contribution in [0.2, 0.25) is 0 Å². The van der Waals surface area contributed by atoms with Crippen LogP contribution in [0.1, 0.15) is 12.8 Å². The molecule has 0 aliphatic carbocycles. The van der Waals surface area contributed by atoms with Crippen LogP contribution in [0.15, 0.2) is 48.5 Å². The van der Waals surface area contributed by atoms with Gasteiger partial charge in [0.15, 0.2) is 34.5 Å². The number of piperazine rings is 2. The molecule has 0 bridgehead atoms. The van der Waals surface area contributed by atoms with Crippen molar-refractivity contribution in [2.45, 2.75) is 25.0 Å². The van der Waals surface area contributed by atoms with E-state index in [1.807, 2.05) is 32.9 Å². The molecule has 0 spiro atoms. The first-order chi connectivity index (χ1) is 31.7. The van der Waals surface area contributed by atoms with Crippen molar-refractivity contribution < 1.29 is 66.7 Å². The Labute approximate surface area is 404 Å². The number of nitrogens with zero attached hydrogens (tertiary/aromatic N) is 8. The van der Waals surface area contributed by atoms with E-state index in [0.717, 1.165) is 12.8 Å². The van der Waals surface area contributed by atoms with Gasteiger partial charge in [-0.2, -0.15) is 18.4 Å². The van der Waals surface area contributed by atoms with Crippen LogP contribution in [0, 0.1) is 0 Å². The van der Waals surface area contributed by atoms with Crippen LogP contribution in [0.25, 0.3) is 21.8 Å². The first kappa shape index (κ1) is 55.0. The highest BCUT2D eigenvalue weighted by atomic mass is 35.5. The van der Waals surface area contributed by atoms with Gasteiger partial charge in [0.2, 0.25) is 18.0 Å². The summed E-state index contributed by atoms with van der Waals surface area (Å²) in [6, 6.07) is 14.5. The van der Waals surface area contributed by atoms with Gasteiger partial charge in [0.25, 0.3) is 21.9 Å². The number of carbonyl (C=O) groups is 2. The summed E-state index contributed by atoms with van der Waals surface area (Å²) in [5.74, 6) is 5.39. The fourth-order valence-corrected chi connectivity index (χ4v) is 7.79. The fraction of sp³-hybridized carbons (Fsp3) is 0.442. The second kappa shape index (κ2) is 24.1. The summed E-state index contributed by atoms with van der Waals surface area (Å²) in [5.41, 5.74) is 13.8. The highest BCUT2D eigenvalue weighted by Crippen LogP contribution is 2.36. The third-order valence-corrected chi connectivity index (χ3v) is 11.2. The maximum absolute atomic E-state index is 13.0. The maximum Gasteiger partial charge on any atom is 0.267 e. The zero-order valence-electron chi connectivity index (χ0n) is 38.7. The molecule has 3 saturated heterocycles. The molecule has 3 fully saturated rings. The number of nitrogen functional groups attached to an aromatic ring is 2. The van der Waals surface area contributed by atoms with E-state index in [9.17, 15) is 18.0 Å². The third kappa shape index (κ3) is 13.1. The van der Waals surface area contributed by atoms with E-state index in [2.05, 4.69) is 19.9 Å². The minimum atomic E-state index is -3.67.